The van der Waals surface area contributed by atoms with Crippen LogP contribution in [0.4, 0.5) is 5.82 Å². The summed E-state index contributed by atoms with van der Waals surface area (Å²) < 4.78 is 4.71. The molecule has 1 aromatic heterocycles. The van der Waals surface area contributed by atoms with Gasteiger partial charge in [-0.25, -0.2) is 9.78 Å². The number of hydrogen-bond acceptors (Lipinski definition) is 5. The van der Waals surface area contributed by atoms with Gasteiger partial charge in [-0.2, -0.15) is 0 Å². The molecule has 0 aromatic carbocycles. The van der Waals surface area contributed by atoms with Crippen molar-refractivity contribution >= 4 is 11.8 Å². The number of carbonyl (C=O) groups is 1. The van der Waals surface area contributed by atoms with E-state index in [1.807, 2.05) is 0 Å². The van der Waals surface area contributed by atoms with Gasteiger partial charge in [0, 0.05) is 13.2 Å². The second-order valence-corrected chi connectivity index (χ2v) is 2.79. The van der Waals surface area contributed by atoms with Crippen molar-refractivity contribution in [2.45, 2.75) is 6.04 Å². The van der Waals surface area contributed by atoms with Crippen molar-refractivity contribution in [3.05, 3.63) is 22.7 Å². The summed E-state index contributed by atoms with van der Waals surface area (Å²) in [5.74, 6) is -0.873. The van der Waals surface area contributed by atoms with Gasteiger partial charge in [0.15, 0.2) is 0 Å². The van der Waals surface area contributed by atoms with E-state index in [-0.39, 0.29) is 18.0 Å². The predicted molar refractivity (Wildman–Crippen MR) is 51.8 cm³/mol. The summed E-state index contributed by atoms with van der Waals surface area (Å²) in [6.45, 7) is -0.0101. The molecule has 15 heavy (non-hydrogen) atoms. The highest BCUT2D eigenvalue weighted by molar-refractivity contribution is 5.76. The molecule has 0 fully saturated rings. The quantitative estimate of drug-likeness (QED) is 0.596. The summed E-state index contributed by atoms with van der Waals surface area (Å²) in [7, 11) is 1.39. The first-order chi connectivity index (χ1) is 7.13. The molecule has 0 aliphatic rings. The average Bonchev–Trinajstić information content (AvgIpc) is 2.17. The van der Waals surface area contributed by atoms with Crippen LogP contribution in [-0.4, -0.2) is 40.8 Å². The number of methoxy groups -OCH3 is 1. The zero-order chi connectivity index (χ0) is 11.3. The first-order valence-electron chi connectivity index (χ1n) is 4.16. The normalized spacial score (nSPS) is 12.1. The van der Waals surface area contributed by atoms with E-state index >= 15 is 0 Å². The molecule has 1 aromatic rings. The van der Waals surface area contributed by atoms with E-state index in [0.717, 1.165) is 0 Å². The minimum atomic E-state index is -1.07. The van der Waals surface area contributed by atoms with Gasteiger partial charge in [-0.05, 0) is 0 Å². The van der Waals surface area contributed by atoms with Crippen molar-refractivity contribution in [2.24, 2.45) is 0 Å². The van der Waals surface area contributed by atoms with Crippen molar-refractivity contribution in [1.82, 2.24) is 9.97 Å². The summed E-state index contributed by atoms with van der Waals surface area (Å²) >= 11 is 0. The first kappa shape index (κ1) is 11.2. The van der Waals surface area contributed by atoms with Crippen LogP contribution in [0.1, 0.15) is 0 Å². The number of rotatable bonds is 5. The Kier molecular flexibility index (Phi) is 3.81. The Labute approximate surface area is 85.1 Å². The fourth-order valence-corrected chi connectivity index (χ4v) is 0.967. The van der Waals surface area contributed by atoms with E-state index in [1.54, 1.807) is 0 Å². The van der Waals surface area contributed by atoms with Crippen LogP contribution < -0.4 is 10.9 Å². The highest BCUT2D eigenvalue weighted by Crippen LogP contribution is 1.99. The number of carboxylic acids is 1. The molecule has 0 spiro atoms. The zero-order valence-electron chi connectivity index (χ0n) is 8.06. The highest BCUT2D eigenvalue weighted by Gasteiger charge is 2.17. The van der Waals surface area contributed by atoms with Gasteiger partial charge in [0.05, 0.1) is 12.9 Å². The predicted octanol–water partition coefficient (Wildman–Crippen LogP) is -0.719. The van der Waals surface area contributed by atoms with Crippen LogP contribution in [0.25, 0.3) is 0 Å². The second kappa shape index (κ2) is 5.11. The molecule has 1 heterocycles. The van der Waals surface area contributed by atoms with E-state index in [9.17, 15) is 9.59 Å². The number of aromatic nitrogens is 2. The number of ether oxygens (including phenoxy) is 1. The van der Waals surface area contributed by atoms with E-state index in [4.69, 9.17) is 9.84 Å². The number of nitrogens with one attached hydrogen (secondary N) is 2. The Morgan fingerprint density at radius 2 is 2.53 bits per heavy atom. The third-order valence-corrected chi connectivity index (χ3v) is 1.63. The van der Waals surface area contributed by atoms with Crippen LogP contribution in [0, 0.1) is 0 Å². The van der Waals surface area contributed by atoms with Crippen LogP contribution in [-0.2, 0) is 9.53 Å². The number of aromatic amines is 1. The summed E-state index contributed by atoms with van der Waals surface area (Å²) in [5.41, 5.74) is -0.353. The van der Waals surface area contributed by atoms with Crippen LogP contribution in [0.3, 0.4) is 0 Å². The lowest BCUT2D eigenvalue weighted by Crippen LogP contribution is -2.34. The Bertz CT molecular complexity index is 389. The first-order valence-corrected chi connectivity index (χ1v) is 4.16. The Hall–Kier alpha value is -1.89. The van der Waals surface area contributed by atoms with Crippen LogP contribution in [0.5, 0.6) is 0 Å². The number of nitrogens with zero attached hydrogens (tertiary/aromatic N) is 1. The number of aliphatic carboxylic acids is 1. The van der Waals surface area contributed by atoms with E-state index in [2.05, 4.69) is 15.3 Å². The fourth-order valence-electron chi connectivity index (χ4n) is 0.967. The maximum Gasteiger partial charge on any atom is 0.328 e. The molecule has 1 atom stereocenters. The van der Waals surface area contributed by atoms with Crippen molar-refractivity contribution in [3.8, 4) is 0 Å². The third kappa shape index (κ3) is 3.39. The lowest BCUT2D eigenvalue weighted by atomic mass is 10.3. The largest absolute Gasteiger partial charge is 0.480 e. The van der Waals surface area contributed by atoms with Crippen molar-refractivity contribution in [2.75, 3.05) is 19.0 Å². The molecule has 3 N–H and O–H groups in total. The van der Waals surface area contributed by atoms with Gasteiger partial charge in [0.25, 0.3) is 5.56 Å². The molecule has 1 rings (SSSR count). The number of anilines is 1. The lowest BCUT2D eigenvalue weighted by molar-refractivity contribution is -0.139. The third-order valence-electron chi connectivity index (χ3n) is 1.63. The molecule has 0 bridgehead atoms. The fraction of sp³-hybridized carbons (Fsp3) is 0.375. The zero-order valence-corrected chi connectivity index (χ0v) is 8.06. The van der Waals surface area contributed by atoms with Crippen molar-refractivity contribution in [1.29, 1.82) is 0 Å². The molecule has 7 nitrogen and oxygen atoms in total. The number of H-pyrrole nitrogens is 1. The average molecular weight is 213 g/mol. The lowest BCUT2D eigenvalue weighted by Gasteiger charge is -2.13. The maximum atomic E-state index is 10.9. The van der Waals surface area contributed by atoms with Gasteiger partial charge < -0.3 is 20.1 Å². The SMILES string of the molecule is COCC(Nc1cc(=O)[nH]cn1)C(=O)O. The summed E-state index contributed by atoms with van der Waals surface area (Å²) in [6, 6.07) is 0.246. The van der Waals surface area contributed by atoms with E-state index < -0.39 is 12.0 Å². The number of carboxylic acid groups (broad SMARTS) is 1. The minimum Gasteiger partial charge on any atom is -0.480 e. The van der Waals surface area contributed by atoms with Gasteiger partial charge >= 0.3 is 5.97 Å². The van der Waals surface area contributed by atoms with Gasteiger partial charge in [-0.3, -0.25) is 4.79 Å². The standard InChI is InChI=1S/C8H11N3O4/c1-15-3-5(8(13)14)11-6-2-7(12)10-4-9-6/h2,4-5H,3H2,1H3,(H,13,14)(H2,9,10,11,12). The highest BCUT2D eigenvalue weighted by atomic mass is 16.5. The maximum absolute atomic E-state index is 10.9. The molecule has 0 aliphatic heterocycles. The van der Waals surface area contributed by atoms with Crippen molar-refractivity contribution in [3.63, 3.8) is 0 Å². The second-order valence-electron chi connectivity index (χ2n) is 2.79. The summed E-state index contributed by atoms with van der Waals surface area (Å²) in [6.07, 6.45) is 1.19. The van der Waals surface area contributed by atoms with Gasteiger partial charge in [0.1, 0.15) is 11.9 Å². The molecule has 0 saturated heterocycles. The monoisotopic (exact) mass is 213 g/mol. The topological polar surface area (TPSA) is 104 Å². The number of hydrogen-bond donors (Lipinski definition) is 3. The van der Waals surface area contributed by atoms with Gasteiger partial charge in [0.2, 0.25) is 0 Å². The molecule has 1 unspecified atom stereocenters. The van der Waals surface area contributed by atoms with Crippen molar-refractivity contribution < 1.29 is 14.6 Å². The van der Waals surface area contributed by atoms with Gasteiger partial charge in [-0.1, -0.05) is 0 Å². The molecule has 82 valence electrons. The molecule has 7 heteroatoms. The molecule has 0 aliphatic carbocycles. The van der Waals surface area contributed by atoms with Crippen LogP contribution in [0.15, 0.2) is 17.2 Å². The molecule has 0 saturated carbocycles. The Balaban J connectivity index is 2.73. The van der Waals surface area contributed by atoms with E-state index in [0.29, 0.717) is 0 Å². The Morgan fingerprint density at radius 1 is 1.80 bits per heavy atom. The molecule has 0 amide bonds. The summed E-state index contributed by atoms with van der Waals surface area (Å²) in [5, 5.41) is 11.3. The molecular weight excluding hydrogens is 202 g/mol. The Morgan fingerprint density at radius 3 is 3.07 bits per heavy atom. The van der Waals surface area contributed by atoms with Gasteiger partial charge in [-0.15, -0.1) is 0 Å². The summed E-state index contributed by atoms with van der Waals surface area (Å²) in [4.78, 5) is 27.7. The molecular formula is C8H11N3O4. The minimum absolute atomic E-state index is 0.0101. The smallest absolute Gasteiger partial charge is 0.328 e. The van der Waals surface area contributed by atoms with E-state index in [1.165, 1.54) is 19.5 Å². The molecule has 0 radical (unpaired) electrons. The van der Waals surface area contributed by atoms with Crippen LogP contribution >= 0.6 is 0 Å². The van der Waals surface area contributed by atoms with Crippen LogP contribution in [0.2, 0.25) is 0 Å².